The van der Waals surface area contributed by atoms with Gasteiger partial charge in [-0.15, -0.1) is 0 Å². The average Bonchev–Trinajstić information content (AvgIpc) is 2.97. The second-order valence-electron chi connectivity index (χ2n) is 11.5. The minimum atomic E-state index is -4.43. The Bertz CT molecular complexity index is 2260. The minimum absolute atomic E-state index is 0. The average molecular weight is 733 g/mol. The molecule has 0 amide bonds. The largest absolute Gasteiger partial charge is 3.00 e. The number of hydrogen-bond donors (Lipinski definition) is 0. The summed E-state index contributed by atoms with van der Waals surface area (Å²) in [5.74, 6) is 0. The fourth-order valence-electron chi connectivity index (χ4n) is 5.62. The summed E-state index contributed by atoms with van der Waals surface area (Å²) < 4.78 is 101. The molecule has 9 nitrogen and oxygen atoms in total. The van der Waals surface area contributed by atoms with Crippen molar-refractivity contribution in [2.45, 2.75) is 56.2 Å². The van der Waals surface area contributed by atoms with Crippen molar-refractivity contribution < 1.29 is 38.9 Å². The summed E-state index contributed by atoms with van der Waals surface area (Å²) in [6.07, 6.45) is 0. The molecule has 0 fully saturated rings. The molecule has 6 rings (SSSR count). The van der Waals surface area contributed by atoms with Gasteiger partial charge in [0.2, 0.25) is 0 Å². The number of benzene rings is 6. The van der Waals surface area contributed by atoms with Crippen molar-refractivity contribution in [1.82, 2.24) is 0 Å². The van der Waals surface area contributed by atoms with Gasteiger partial charge in [-0.05, 0) is 107 Å². The summed E-state index contributed by atoms with van der Waals surface area (Å²) in [6.45, 7) is 10.4. The van der Waals surface area contributed by atoms with E-state index in [1.807, 2.05) is 36.4 Å². The molecule has 0 heterocycles. The molecule has 0 aliphatic heterocycles. The maximum absolute atomic E-state index is 11.3. The van der Waals surface area contributed by atoms with Crippen molar-refractivity contribution in [2.75, 3.05) is 0 Å². The van der Waals surface area contributed by atoms with Gasteiger partial charge in [0.1, 0.15) is 30.4 Å². The van der Waals surface area contributed by atoms with Crippen molar-refractivity contribution in [3.05, 3.63) is 124 Å². The number of aryl methyl sites for hydroxylation is 3. The molecule has 0 bridgehead atoms. The van der Waals surface area contributed by atoms with Crippen LogP contribution in [0.1, 0.15) is 33.4 Å². The molecule has 6 aromatic rings. The van der Waals surface area contributed by atoms with Crippen LogP contribution in [-0.2, 0) is 30.4 Å². The van der Waals surface area contributed by atoms with Crippen LogP contribution >= 0.6 is 0 Å². The molecule has 0 aliphatic carbocycles. The molecular weight excluding hydrogens is 700 g/mol. The van der Waals surface area contributed by atoms with E-state index in [-0.39, 0.29) is 32.0 Å². The Morgan fingerprint density at radius 3 is 0.796 bits per heavy atom. The first-order chi connectivity index (χ1) is 22.2. The first kappa shape index (κ1) is 39.8. The van der Waals surface area contributed by atoms with Gasteiger partial charge in [-0.1, -0.05) is 91.0 Å². The smallest absolute Gasteiger partial charge is 0.744 e. The predicted molar refractivity (Wildman–Crippen MR) is 190 cm³/mol. The van der Waals surface area contributed by atoms with E-state index in [0.29, 0.717) is 32.8 Å². The van der Waals surface area contributed by atoms with Crippen molar-refractivity contribution in [3.8, 4) is 0 Å². The number of fused-ring (bicyclic) bond motifs is 3. The zero-order valence-electron chi connectivity index (χ0n) is 27.6. The molecule has 0 saturated carbocycles. The zero-order valence-corrected chi connectivity index (χ0v) is 31.2. The second-order valence-corrected chi connectivity index (χ2v) is 15.4. The Morgan fingerprint density at radius 2 is 0.592 bits per heavy atom. The molecule has 0 N–H and O–H groups in total. The Morgan fingerprint density at radius 1 is 0.388 bits per heavy atom. The standard InChI is InChI=1S/3C12H12O3S.Al/c3*1-8-7-10-5-3-4-6-11(10)12(9(8)2)16(13,14)15;/h3*3-7H,1-2H3,(H,13,14,15);/q;;;+3/p-3. The Balaban J connectivity index is 0.000000197. The van der Waals surface area contributed by atoms with Crippen LogP contribution in [0.15, 0.2) is 106 Å². The van der Waals surface area contributed by atoms with E-state index in [2.05, 4.69) is 0 Å². The SMILES string of the molecule is Cc1cc2ccccc2c(S(=O)(=O)[O-])c1C.Cc1cc2ccccc2c(S(=O)(=O)[O-])c1C.Cc1cc2ccccc2c(S(=O)(=O)[O-])c1C.[Al+3]. The van der Waals surface area contributed by atoms with Gasteiger partial charge in [-0.2, -0.15) is 0 Å². The Hall–Kier alpha value is -3.64. The van der Waals surface area contributed by atoms with Crippen LogP contribution < -0.4 is 0 Å². The molecule has 0 radical (unpaired) electrons. The van der Waals surface area contributed by atoms with E-state index < -0.39 is 30.4 Å². The number of hydrogen-bond acceptors (Lipinski definition) is 9. The van der Waals surface area contributed by atoms with Crippen molar-refractivity contribution >= 4 is 80.0 Å². The summed E-state index contributed by atoms with van der Waals surface area (Å²) in [7, 11) is -13.3. The van der Waals surface area contributed by atoms with Crippen LogP contribution in [0.25, 0.3) is 32.3 Å². The van der Waals surface area contributed by atoms with Crippen molar-refractivity contribution in [1.29, 1.82) is 0 Å². The predicted octanol–water partition coefficient (Wildman–Crippen LogP) is 6.70. The first-order valence-corrected chi connectivity index (χ1v) is 18.8. The molecule has 0 saturated heterocycles. The van der Waals surface area contributed by atoms with E-state index in [4.69, 9.17) is 0 Å². The molecule has 0 aromatic heterocycles. The van der Waals surface area contributed by atoms with E-state index in [1.54, 1.807) is 96.1 Å². The quantitative estimate of drug-likeness (QED) is 0.142. The molecule has 0 unspecified atom stereocenters. The van der Waals surface area contributed by atoms with Gasteiger partial charge >= 0.3 is 17.4 Å². The van der Waals surface area contributed by atoms with Gasteiger partial charge < -0.3 is 13.7 Å². The second kappa shape index (κ2) is 15.1. The van der Waals surface area contributed by atoms with Crippen LogP contribution in [0, 0.1) is 41.5 Å². The Labute approximate surface area is 298 Å². The molecule has 0 atom stereocenters. The zero-order chi connectivity index (χ0) is 35.8. The third kappa shape index (κ3) is 8.75. The van der Waals surface area contributed by atoms with Crippen molar-refractivity contribution in [3.63, 3.8) is 0 Å². The summed E-state index contributed by atoms with van der Waals surface area (Å²) in [5.41, 5.74) is 4.05. The van der Waals surface area contributed by atoms with Gasteiger partial charge in [0, 0.05) is 0 Å². The molecule has 49 heavy (non-hydrogen) atoms. The normalized spacial score (nSPS) is 11.7. The summed E-state index contributed by atoms with van der Waals surface area (Å²) in [6, 6.07) is 26.7. The summed E-state index contributed by atoms with van der Waals surface area (Å²) in [5, 5.41) is 3.84. The molecule has 0 spiro atoms. The van der Waals surface area contributed by atoms with E-state index in [9.17, 15) is 38.9 Å². The molecule has 13 heteroatoms. The maximum atomic E-state index is 11.3. The van der Waals surface area contributed by atoms with Crippen LogP contribution in [0.4, 0.5) is 0 Å². The maximum Gasteiger partial charge on any atom is 3.00 e. The minimum Gasteiger partial charge on any atom is -0.744 e. The topological polar surface area (TPSA) is 172 Å². The van der Waals surface area contributed by atoms with Crippen LogP contribution in [-0.4, -0.2) is 56.3 Å². The van der Waals surface area contributed by atoms with Crippen LogP contribution in [0.5, 0.6) is 0 Å². The molecular formula is C36H33AlO9S3. The van der Waals surface area contributed by atoms with Gasteiger partial charge in [0.15, 0.2) is 0 Å². The molecule has 0 aliphatic rings. The van der Waals surface area contributed by atoms with E-state index >= 15 is 0 Å². The van der Waals surface area contributed by atoms with Crippen molar-refractivity contribution in [2.24, 2.45) is 0 Å². The third-order valence-electron chi connectivity index (χ3n) is 8.28. The monoisotopic (exact) mass is 732 g/mol. The fourth-order valence-corrected chi connectivity index (χ4v) is 8.60. The molecule has 6 aromatic carbocycles. The summed E-state index contributed by atoms with van der Waals surface area (Å²) in [4.78, 5) is -0.283. The van der Waals surface area contributed by atoms with E-state index in [0.717, 1.165) is 32.8 Å². The van der Waals surface area contributed by atoms with Gasteiger partial charge in [-0.25, -0.2) is 25.3 Å². The fraction of sp³-hybridized carbons (Fsp3) is 0.167. The Kier molecular flexibility index (Phi) is 12.3. The van der Waals surface area contributed by atoms with Gasteiger partial charge in [0.05, 0.1) is 14.7 Å². The van der Waals surface area contributed by atoms with Crippen LogP contribution in [0.2, 0.25) is 0 Å². The first-order valence-electron chi connectivity index (χ1n) is 14.6. The van der Waals surface area contributed by atoms with Gasteiger partial charge in [-0.3, -0.25) is 0 Å². The van der Waals surface area contributed by atoms with E-state index in [1.165, 1.54) is 0 Å². The third-order valence-corrected chi connectivity index (χ3v) is 11.4. The summed E-state index contributed by atoms with van der Waals surface area (Å²) >= 11 is 0. The number of rotatable bonds is 3. The molecule has 252 valence electrons. The van der Waals surface area contributed by atoms with Gasteiger partial charge in [0.25, 0.3) is 0 Å². The van der Waals surface area contributed by atoms with Crippen LogP contribution in [0.3, 0.4) is 0 Å².